The zero-order valence-corrected chi connectivity index (χ0v) is 18.0. The molecular weight excluding hydrogens is 400 g/mol. The van der Waals surface area contributed by atoms with Crippen molar-refractivity contribution in [2.75, 3.05) is 26.2 Å². The minimum atomic E-state index is -1.20. The van der Waals surface area contributed by atoms with Gasteiger partial charge in [0.05, 0.1) is 0 Å². The first-order valence-corrected chi connectivity index (χ1v) is 11.2. The minimum Gasteiger partial charge on any atom is -0.624 e. The summed E-state index contributed by atoms with van der Waals surface area (Å²) in [7, 11) is 0. The Labute approximate surface area is 183 Å². The largest absolute Gasteiger partial charge is 0.624 e. The van der Waals surface area contributed by atoms with Gasteiger partial charge in [-0.1, -0.05) is 37.8 Å². The number of carbonyl (C=O) groups excluding carboxylic acids is 2. The van der Waals surface area contributed by atoms with Crippen LogP contribution in [0.1, 0.15) is 60.9 Å². The third kappa shape index (κ3) is 5.61. The number of hydrogen-bond acceptors (Lipinski definition) is 7. The molecule has 1 fully saturated rings. The number of benzene rings is 1. The van der Waals surface area contributed by atoms with Crippen LogP contribution in [-0.4, -0.2) is 60.1 Å². The molecule has 31 heavy (non-hydrogen) atoms. The summed E-state index contributed by atoms with van der Waals surface area (Å²) in [5, 5.41) is 29.1. The van der Waals surface area contributed by atoms with Crippen molar-refractivity contribution in [2.45, 2.75) is 63.8 Å². The van der Waals surface area contributed by atoms with Gasteiger partial charge < -0.3 is 26.1 Å². The predicted molar refractivity (Wildman–Crippen MR) is 116 cm³/mol. The molecule has 172 valence electrons. The number of hydrogen-bond donors (Lipinski definition) is 4. The summed E-state index contributed by atoms with van der Waals surface area (Å²) in [5.74, 6) is -0.750. The number of nitrogens with two attached hydrogens (primary N) is 1. The van der Waals surface area contributed by atoms with Crippen molar-refractivity contribution < 1.29 is 24.1 Å². The van der Waals surface area contributed by atoms with E-state index in [1.165, 1.54) is 6.42 Å². The van der Waals surface area contributed by atoms with Gasteiger partial charge in [-0.3, -0.25) is 14.8 Å². The van der Waals surface area contributed by atoms with Crippen LogP contribution >= 0.6 is 0 Å². The third-order valence-corrected chi connectivity index (χ3v) is 6.01. The van der Waals surface area contributed by atoms with Crippen molar-refractivity contribution in [3.05, 3.63) is 34.5 Å². The second kappa shape index (κ2) is 11.0. The molecule has 0 aliphatic carbocycles. The molecule has 0 bridgehead atoms. The Balaban J connectivity index is 1.47. The third-order valence-electron chi connectivity index (χ3n) is 6.01. The van der Waals surface area contributed by atoms with E-state index in [0.717, 1.165) is 38.6 Å². The van der Waals surface area contributed by atoms with Gasteiger partial charge in [0, 0.05) is 18.5 Å². The zero-order chi connectivity index (χ0) is 22.3. The second-order valence-electron chi connectivity index (χ2n) is 8.34. The molecule has 9 nitrogen and oxygen atoms in total. The molecule has 0 spiro atoms. The van der Waals surface area contributed by atoms with Crippen molar-refractivity contribution >= 4 is 11.8 Å². The number of amides is 2. The maximum Gasteiger partial charge on any atom is 0.351 e. The lowest BCUT2D eigenvalue weighted by molar-refractivity contribution is -0.823. The first kappa shape index (κ1) is 23.6. The summed E-state index contributed by atoms with van der Waals surface area (Å²) in [4.78, 5) is 25.0. The van der Waals surface area contributed by atoms with E-state index < -0.39 is 22.8 Å². The normalized spacial score (nSPS) is 23.6. The van der Waals surface area contributed by atoms with Gasteiger partial charge in [-0.2, -0.15) is 0 Å². The van der Waals surface area contributed by atoms with Gasteiger partial charge in [0.15, 0.2) is 6.04 Å². The molecule has 5 N–H and O–H groups in total. The van der Waals surface area contributed by atoms with Gasteiger partial charge in [-0.15, -0.1) is 0 Å². The van der Waals surface area contributed by atoms with E-state index in [1.54, 1.807) is 18.2 Å². The second-order valence-corrected chi connectivity index (χ2v) is 8.34. The summed E-state index contributed by atoms with van der Waals surface area (Å²) in [6.07, 6.45) is 6.07. The fourth-order valence-corrected chi connectivity index (χ4v) is 4.29. The van der Waals surface area contributed by atoms with Crippen molar-refractivity contribution in [1.29, 1.82) is 0 Å². The summed E-state index contributed by atoms with van der Waals surface area (Å²) in [6, 6.07) is 4.13. The number of nitrogens with one attached hydrogen (secondary N) is 2. The van der Waals surface area contributed by atoms with E-state index in [9.17, 15) is 19.9 Å². The van der Waals surface area contributed by atoms with Gasteiger partial charge in [0.1, 0.15) is 30.7 Å². The Morgan fingerprint density at radius 2 is 1.97 bits per heavy atom. The van der Waals surface area contributed by atoms with Crippen molar-refractivity contribution in [3.63, 3.8) is 0 Å². The highest BCUT2D eigenvalue weighted by Gasteiger charge is 2.50. The number of rotatable bonds is 13. The predicted octanol–water partition coefficient (Wildman–Crippen LogP) is 1.13. The average molecular weight is 435 g/mol. The molecule has 3 unspecified atom stereocenters. The number of hydroxylamine groups is 3. The number of carbonyl (C=O) groups is 2. The van der Waals surface area contributed by atoms with Crippen LogP contribution in [0.2, 0.25) is 0 Å². The number of fused-ring (bicyclic) bond motifs is 1. The highest BCUT2D eigenvalue weighted by molar-refractivity contribution is 5.98. The number of aliphatic hydroxyl groups excluding tert-OH is 1. The highest BCUT2D eigenvalue weighted by atomic mass is 16.6. The molecule has 1 aromatic carbocycles. The van der Waals surface area contributed by atoms with Gasteiger partial charge in [0.2, 0.25) is 0 Å². The van der Waals surface area contributed by atoms with E-state index in [-0.39, 0.29) is 30.4 Å². The Bertz CT molecular complexity index is 774. The average Bonchev–Trinajstić information content (AvgIpc) is 3.30. The summed E-state index contributed by atoms with van der Waals surface area (Å²) in [6.45, 7) is 1.71. The first-order valence-electron chi connectivity index (χ1n) is 11.2. The van der Waals surface area contributed by atoms with Crippen LogP contribution in [-0.2, 0) is 11.3 Å². The molecule has 2 aliphatic rings. The summed E-state index contributed by atoms with van der Waals surface area (Å²) < 4.78 is 4.49. The smallest absolute Gasteiger partial charge is 0.351 e. The summed E-state index contributed by atoms with van der Waals surface area (Å²) >= 11 is 0. The molecule has 3 atom stereocenters. The molecule has 0 aromatic heterocycles. The number of aliphatic hydroxyl groups is 1. The maximum absolute atomic E-state index is 13.3. The van der Waals surface area contributed by atoms with Crippen molar-refractivity contribution in [1.82, 2.24) is 10.6 Å². The highest BCUT2D eigenvalue weighted by Crippen LogP contribution is 2.38. The minimum absolute atomic E-state index is 0.0387. The van der Waals surface area contributed by atoms with Gasteiger partial charge in [0.25, 0.3) is 5.91 Å². The molecule has 9 heteroatoms. The zero-order valence-electron chi connectivity index (χ0n) is 18.0. The summed E-state index contributed by atoms with van der Waals surface area (Å²) in [5.41, 5.74) is 6.28. The molecule has 1 saturated heterocycles. The lowest BCUT2D eigenvalue weighted by Gasteiger charge is -2.39. The fraction of sp³-hybridized carbons (Fsp3) is 0.636. The van der Waals surface area contributed by atoms with E-state index in [4.69, 9.17) is 10.5 Å². The molecule has 1 aromatic rings. The lowest BCUT2D eigenvalue weighted by Crippen LogP contribution is -2.53. The van der Waals surface area contributed by atoms with Crippen LogP contribution in [0.25, 0.3) is 0 Å². The Hall–Kier alpha value is -2.04. The first-order chi connectivity index (χ1) is 15.0. The van der Waals surface area contributed by atoms with Crippen molar-refractivity contribution in [2.24, 2.45) is 5.73 Å². The standard InChI is InChI=1S/C22H34N4O5/c23-11-5-3-1-2-4-6-12-24-19(27)15-31-18-9-7-8-16-14-26(30,22(29)20(16)18)17-10-13-25-21(17)28/h7-9,17,19,24,27H,1-6,10-15,23H2,(H,25,28). The van der Waals surface area contributed by atoms with Gasteiger partial charge in [-0.25, -0.2) is 4.79 Å². The number of nitrogens with zero attached hydrogens (tertiary/aromatic N) is 1. The molecule has 2 heterocycles. The Kier molecular flexibility index (Phi) is 8.39. The fourth-order valence-electron chi connectivity index (χ4n) is 4.29. The number of unbranched alkanes of at least 4 members (excludes halogenated alkanes) is 5. The van der Waals surface area contributed by atoms with E-state index in [1.807, 2.05) is 0 Å². The molecule has 3 rings (SSSR count). The van der Waals surface area contributed by atoms with E-state index >= 15 is 0 Å². The SMILES string of the molecule is NCCCCCCCCNC(O)COc1cccc2c1C(=O)[N+]([O-])(C1CCNC1=O)C2. The molecule has 2 amide bonds. The quantitative estimate of drug-likeness (QED) is 0.158. The topological polar surface area (TPSA) is 137 Å². The molecule has 0 saturated carbocycles. The Morgan fingerprint density at radius 1 is 1.23 bits per heavy atom. The van der Waals surface area contributed by atoms with Crippen LogP contribution in [0.4, 0.5) is 0 Å². The lowest BCUT2D eigenvalue weighted by atomic mass is 10.1. The van der Waals surface area contributed by atoms with Gasteiger partial charge in [-0.05, 0) is 32.0 Å². The molecular formula is C22H34N4O5. The van der Waals surface area contributed by atoms with Crippen LogP contribution in [0.5, 0.6) is 5.75 Å². The number of ether oxygens (including phenoxy) is 1. The number of quaternary nitrogens is 1. The Morgan fingerprint density at radius 3 is 2.68 bits per heavy atom. The van der Waals surface area contributed by atoms with Crippen LogP contribution in [0, 0.1) is 5.21 Å². The van der Waals surface area contributed by atoms with Crippen LogP contribution in [0.15, 0.2) is 18.2 Å². The van der Waals surface area contributed by atoms with E-state index in [2.05, 4.69) is 10.6 Å². The van der Waals surface area contributed by atoms with E-state index in [0.29, 0.717) is 25.1 Å². The maximum atomic E-state index is 13.3. The molecule has 2 aliphatic heterocycles. The van der Waals surface area contributed by atoms with Crippen molar-refractivity contribution in [3.8, 4) is 5.75 Å². The van der Waals surface area contributed by atoms with Crippen LogP contribution < -0.4 is 21.1 Å². The monoisotopic (exact) mass is 434 g/mol. The molecule has 0 radical (unpaired) electrons. The van der Waals surface area contributed by atoms with Gasteiger partial charge >= 0.3 is 5.91 Å². The van der Waals surface area contributed by atoms with Crippen LogP contribution in [0.3, 0.4) is 0 Å².